The standard InChI is InChI=1S/C84H74N4O3/c1-82(2)78-21-15-12-18-72(78)75-52-64(42-51-79(75)82)86(61-34-43-67(89-7)44-35-61)58-28-22-55(23-29-58)85(56-24-30-59(31-25-56)87(62-36-45-68(90-8)46-37-62)65-40-49-73-70-16-10-13-19-76(70)83(3,4)80(73)53-65)57-26-32-60(33-27-57)88(63-38-47-69(91-9)48-39-63)66-41-50-74-71-17-11-14-20-77(71)84(5,6)81(74)54-66/h10-40,42-54,66H,41H2,1-9H3. The first-order valence-corrected chi connectivity index (χ1v) is 31.7. The van der Waals surface area contributed by atoms with E-state index in [1.807, 2.05) is 24.3 Å². The molecule has 0 bridgehead atoms. The number of hydrogen-bond acceptors (Lipinski definition) is 7. The van der Waals surface area contributed by atoms with Crippen LogP contribution in [-0.4, -0.2) is 27.4 Å². The van der Waals surface area contributed by atoms with Gasteiger partial charge in [0.2, 0.25) is 0 Å². The number of benzene rings is 11. The Labute approximate surface area is 536 Å². The largest absolute Gasteiger partial charge is 0.497 e. The topological polar surface area (TPSA) is 40.7 Å². The first kappa shape index (κ1) is 57.0. The summed E-state index contributed by atoms with van der Waals surface area (Å²) in [6.07, 6.45) is 5.85. The molecule has 0 heterocycles. The first-order valence-electron chi connectivity index (χ1n) is 31.7. The van der Waals surface area contributed by atoms with E-state index in [4.69, 9.17) is 14.2 Å². The van der Waals surface area contributed by atoms with Gasteiger partial charge in [0.25, 0.3) is 0 Å². The second-order valence-electron chi connectivity index (χ2n) is 26.0. The quantitative estimate of drug-likeness (QED) is 0.101. The number of methoxy groups -OCH3 is 3. The molecule has 0 aromatic heterocycles. The minimum Gasteiger partial charge on any atom is -0.497 e. The van der Waals surface area contributed by atoms with Crippen LogP contribution in [0.15, 0.2) is 273 Å². The molecule has 11 aromatic rings. The highest BCUT2D eigenvalue weighted by Gasteiger charge is 2.41. The molecule has 0 spiro atoms. The molecule has 0 aliphatic heterocycles. The van der Waals surface area contributed by atoms with Gasteiger partial charge >= 0.3 is 0 Å². The second kappa shape index (κ2) is 22.2. The van der Waals surface area contributed by atoms with Crippen molar-refractivity contribution < 1.29 is 14.2 Å². The summed E-state index contributed by atoms with van der Waals surface area (Å²) in [5.41, 5.74) is 27.1. The van der Waals surface area contributed by atoms with Crippen LogP contribution in [0.4, 0.5) is 62.6 Å². The Morgan fingerprint density at radius 3 is 1.08 bits per heavy atom. The highest BCUT2D eigenvalue weighted by atomic mass is 16.5. The van der Waals surface area contributed by atoms with Crippen molar-refractivity contribution in [3.63, 3.8) is 0 Å². The van der Waals surface area contributed by atoms with Crippen molar-refractivity contribution in [3.05, 3.63) is 306 Å². The van der Waals surface area contributed by atoms with Crippen molar-refractivity contribution in [2.45, 2.75) is 70.3 Å². The fraction of sp³-hybridized carbons (Fsp3) is 0.167. The van der Waals surface area contributed by atoms with Crippen LogP contribution in [0.25, 0.3) is 27.8 Å². The number of hydrogen-bond donors (Lipinski definition) is 0. The number of fused-ring (bicyclic) bond motifs is 9. The zero-order valence-corrected chi connectivity index (χ0v) is 53.2. The van der Waals surface area contributed by atoms with Gasteiger partial charge in [-0.15, -0.1) is 0 Å². The number of rotatable bonds is 15. The SMILES string of the molecule is COc1ccc(N(c2ccc(N(c3ccc(N(c4ccc(OC)cc4)c4ccc5c(c4)C(C)(C)c4ccccc4-5)cc3)c3ccc(N(c4ccc(OC)cc4)C4C=C5C(=CC4)c4ccccc4C5(C)C)cc3)cc2)c2ccc3c(c2)-c2ccccc2C3(C)C)cc1. The summed E-state index contributed by atoms with van der Waals surface area (Å²) in [6, 6.07) is 93.1. The maximum atomic E-state index is 5.70. The van der Waals surface area contributed by atoms with Gasteiger partial charge in [0, 0.05) is 78.8 Å². The summed E-state index contributed by atoms with van der Waals surface area (Å²) in [4.78, 5) is 9.59. The van der Waals surface area contributed by atoms with Gasteiger partial charge in [-0.25, -0.2) is 0 Å². The van der Waals surface area contributed by atoms with Gasteiger partial charge in [-0.1, -0.05) is 139 Å². The van der Waals surface area contributed by atoms with Gasteiger partial charge in [0.05, 0.1) is 27.4 Å². The summed E-state index contributed by atoms with van der Waals surface area (Å²) in [5.74, 6) is 2.44. The molecule has 0 saturated heterocycles. The Bertz CT molecular complexity index is 4640. The van der Waals surface area contributed by atoms with Gasteiger partial charge < -0.3 is 33.8 Å². The lowest BCUT2D eigenvalue weighted by atomic mass is 9.79. The third kappa shape index (κ3) is 9.56. The van der Waals surface area contributed by atoms with Crippen LogP contribution in [0, 0.1) is 0 Å². The van der Waals surface area contributed by atoms with Crippen LogP contribution >= 0.6 is 0 Å². The molecule has 7 nitrogen and oxygen atoms in total. The minimum atomic E-state index is -0.168. The van der Waals surface area contributed by atoms with E-state index in [9.17, 15) is 0 Å². The van der Waals surface area contributed by atoms with Crippen molar-refractivity contribution in [2.75, 3.05) is 40.9 Å². The van der Waals surface area contributed by atoms with E-state index in [1.165, 1.54) is 66.8 Å². The molecule has 1 atom stereocenters. The lowest BCUT2D eigenvalue weighted by Gasteiger charge is -2.36. The van der Waals surface area contributed by atoms with Crippen molar-refractivity contribution in [3.8, 4) is 39.5 Å². The summed E-state index contributed by atoms with van der Waals surface area (Å²) in [7, 11) is 5.17. The van der Waals surface area contributed by atoms with Crippen molar-refractivity contribution in [1.82, 2.24) is 0 Å². The molecule has 0 radical (unpaired) electrons. The fourth-order valence-electron chi connectivity index (χ4n) is 15.1. The number of allylic oxidation sites excluding steroid dienone is 2. The number of anilines is 11. The lowest BCUT2D eigenvalue weighted by Crippen LogP contribution is -2.32. The molecule has 0 N–H and O–H groups in total. The molecule has 1 unspecified atom stereocenters. The van der Waals surface area contributed by atoms with Crippen LogP contribution in [-0.2, 0) is 16.2 Å². The average Bonchev–Trinajstić information content (AvgIpc) is 1.61. The van der Waals surface area contributed by atoms with Gasteiger partial charge in [-0.2, -0.15) is 0 Å². The maximum Gasteiger partial charge on any atom is 0.119 e. The molecule has 15 rings (SSSR count). The maximum absolute atomic E-state index is 5.70. The monoisotopic (exact) mass is 1190 g/mol. The highest BCUT2D eigenvalue weighted by molar-refractivity contribution is 5.93. The van der Waals surface area contributed by atoms with Crippen molar-refractivity contribution in [1.29, 1.82) is 0 Å². The molecule has 7 heteroatoms. The van der Waals surface area contributed by atoms with E-state index in [2.05, 4.69) is 304 Å². The molecule has 0 saturated carbocycles. The Hall–Kier alpha value is -10.5. The number of nitrogens with zero attached hydrogens (tertiary/aromatic N) is 4. The Kier molecular flexibility index (Phi) is 13.9. The predicted octanol–water partition coefficient (Wildman–Crippen LogP) is 21.9. The van der Waals surface area contributed by atoms with Crippen LogP contribution in [0.3, 0.4) is 0 Å². The fourth-order valence-corrected chi connectivity index (χ4v) is 15.1. The van der Waals surface area contributed by atoms with E-state index in [-0.39, 0.29) is 22.3 Å². The zero-order valence-electron chi connectivity index (χ0n) is 53.2. The third-order valence-corrected chi connectivity index (χ3v) is 19.9. The summed E-state index contributed by atoms with van der Waals surface area (Å²) in [5, 5.41) is 0. The predicted molar refractivity (Wildman–Crippen MR) is 378 cm³/mol. The molecule has 448 valence electrons. The average molecular weight is 1190 g/mol. The van der Waals surface area contributed by atoms with Crippen molar-refractivity contribution in [2.24, 2.45) is 0 Å². The first-order chi connectivity index (χ1) is 44.2. The molecule has 4 aliphatic rings. The molecule has 0 amide bonds. The molecular formula is C84H74N4O3. The Balaban J connectivity index is 0.846. The van der Waals surface area contributed by atoms with Crippen LogP contribution < -0.4 is 33.8 Å². The Morgan fingerprint density at radius 2 is 0.615 bits per heavy atom. The van der Waals surface area contributed by atoms with E-state index >= 15 is 0 Å². The van der Waals surface area contributed by atoms with Crippen LogP contribution in [0.1, 0.15) is 81.3 Å². The lowest BCUT2D eigenvalue weighted by molar-refractivity contribution is 0.414. The van der Waals surface area contributed by atoms with E-state index in [1.54, 1.807) is 21.3 Å². The molecular weight excluding hydrogens is 1110 g/mol. The third-order valence-electron chi connectivity index (χ3n) is 19.9. The van der Waals surface area contributed by atoms with Gasteiger partial charge in [-0.05, 0) is 243 Å². The smallest absolute Gasteiger partial charge is 0.119 e. The minimum absolute atomic E-state index is 0.0593. The number of ether oxygens (including phenoxy) is 3. The summed E-state index contributed by atoms with van der Waals surface area (Å²) in [6.45, 7) is 14.1. The normalized spacial score (nSPS) is 15.5. The summed E-state index contributed by atoms with van der Waals surface area (Å²) >= 11 is 0. The molecule has 91 heavy (non-hydrogen) atoms. The second-order valence-corrected chi connectivity index (χ2v) is 26.0. The van der Waals surface area contributed by atoms with Crippen molar-refractivity contribution >= 4 is 68.1 Å². The van der Waals surface area contributed by atoms with Gasteiger partial charge in [0.15, 0.2) is 0 Å². The van der Waals surface area contributed by atoms with Crippen LogP contribution in [0.5, 0.6) is 17.2 Å². The van der Waals surface area contributed by atoms with E-state index in [0.29, 0.717) is 0 Å². The molecule has 0 fully saturated rings. The molecule has 11 aromatic carbocycles. The van der Waals surface area contributed by atoms with Crippen LogP contribution in [0.2, 0.25) is 0 Å². The summed E-state index contributed by atoms with van der Waals surface area (Å²) < 4.78 is 17.1. The van der Waals surface area contributed by atoms with E-state index in [0.717, 1.165) is 86.2 Å². The van der Waals surface area contributed by atoms with Gasteiger partial charge in [0.1, 0.15) is 17.2 Å². The highest BCUT2D eigenvalue weighted by Crippen LogP contribution is 2.55. The van der Waals surface area contributed by atoms with Gasteiger partial charge in [-0.3, -0.25) is 0 Å². The Morgan fingerprint density at radius 1 is 0.297 bits per heavy atom. The van der Waals surface area contributed by atoms with E-state index < -0.39 is 0 Å². The zero-order chi connectivity index (χ0) is 62.3. The molecule has 4 aliphatic carbocycles.